The normalized spacial score (nSPS) is 14.0. The van der Waals surface area contributed by atoms with Gasteiger partial charge in [-0.2, -0.15) is 10.2 Å². The number of ether oxygens (including phenoxy) is 2. The Bertz CT molecular complexity index is 1420. The molecule has 0 aliphatic rings. The van der Waals surface area contributed by atoms with E-state index in [1.54, 1.807) is 0 Å². The second-order valence-electron chi connectivity index (χ2n) is 22.4. The van der Waals surface area contributed by atoms with Gasteiger partial charge in [-0.3, -0.25) is 0 Å². The molecule has 0 bridgehead atoms. The number of aromatic nitrogens is 4. The maximum absolute atomic E-state index is 6.50. The molecule has 2 aromatic heterocycles. The minimum Gasteiger partial charge on any atom is -0.416 e. The third kappa shape index (κ3) is 20.0. The third-order valence-corrected chi connectivity index (χ3v) is 24.8. The Labute approximate surface area is 364 Å². The van der Waals surface area contributed by atoms with Crippen molar-refractivity contribution in [1.29, 1.82) is 0 Å². The minimum absolute atomic E-state index is 0.0611. The summed E-state index contributed by atoms with van der Waals surface area (Å²) < 4.78 is 31.1. The predicted octanol–water partition coefficient (Wildman–Crippen LogP) is 12.8. The third-order valence-electron chi connectivity index (χ3n) is 10.7. The zero-order valence-electron chi connectivity index (χ0n) is 38.4. The topological polar surface area (TPSA) is 72.6 Å². The Hall–Kier alpha value is 0.588. The Morgan fingerprint density at radius 2 is 1.04 bits per heavy atom. The van der Waals surface area contributed by atoms with Crippen molar-refractivity contribution in [3.05, 3.63) is 30.9 Å². The second kappa shape index (κ2) is 20.7. The van der Waals surface area contributed by atoms with Crippen molar-refractivity contribution in [2.75, 3.05) is 26.4 Å². The van der Waals surface area contributed by atoms with Crippen LogP contribution in [-0.4, -0.2) is 78.8 Å². The first kappa shape index (κ1) is 52.6. The van der Waals surface area contributed by atoms with Crippen molar-refractivity contribution in [2.45, 2.75) is 183 Å². The summed E-state index contributed by atoms with van der Waals surface area (Å²) in [7, 11) is -5.55. The number of hydrogen-bond acceptors (Lipinski definition) is 6. The summed E-state index contributed by atoms with van der Waals surface area (Å²) in [6.45, 7) is 50.7. The lowest BCUT2D eigenvalue weighted by Crippen LogP contribution is -2.43. The predicted molar refractivity (Wildman–Crippen MR) is 259 cm³/mol. The van der Waals surface area contributed by atoms with Crippen LogP contribution < -0.4 is 0 Å². The van der Waals surface area contributed by atoms with Crippen LogP contribution >= 0.6 is 45.2 Å². The number of hydrogen-bond donors (Lipinski definition) is 0. The van der Waals surface area contributed by atoms with Crippen LogP contribution in [0, 0.1) is 18.0 Å². The van der Waals surface area contributed by atoms with Crippen molar-refractivity contribution >= 4 is 78.0 Å². The molecule has 0 unspecified atom stereocenters. The molecule has 0 aliphatic heterocycles. The van der Waals surface area contributed by atoms with E-state index in [1.165, 1.54) is 24.9 Å². The van der Waals surface area contributed by atoms with E-state index in [0.717, 1.165) is 45.0 Å². The van der Waals surface area contributed by atoms with Gasteiger partial charge in [-0.1, -0.05) is 109 Å². The summed E-state index contributed by atoms with van der Waals surface area (Å²) >= 11 is 4.78. The molecule has 0 saturated heterocycles. The van der Waals surface area contributed by atoms with Crippen LogP contribution in [-0.2, 0) is 44.6 Å². The molecule has 0 radical (unpaired) electrons. The standard InChI is InChI=1S/2C20H41IN2O2Si2/c1-19(2,3)27(9,10)25-15-20(4,5)13-18-17(21)14-23(22-18)16-24-11-12-26(6,7)8;1-19(2,3)27(9,10)25-15-20(4,5)13-18-17(21)14-22-23(18)16-24-11-12-26(6,7)8/h2*14H,11-13,15-16H2,1-10H3. The van der Waals surface area contributed by atoms with E-state index in [0.29, 0.717) is 13.5 Å². The molecule has 0 saturated carbocycles. The van der Waals surface area contributed by atoms with Gasteiger partial charge >= 0.3 is 0 Å². The van der Waals surface area contributed by atoms with Crippen LogP contribution in [0.4, 0.5) is 0 Å². The second-order valence-corrected chi connectivity index (χ2v) is 45.6. The monoisotopic (exact) mass is 1050 g/mol. The molecule has 0 aliphatic carbocycles. The van der Waals surface area contributed by atoms with Gasteiger partial charge in [-0.15, -0.1) is 0 Å². The smallest absolute Gasteiger partial charge is 0.192 e. The van der Waals surface area contributed by atoms with E-state index in [9.17, 15) is 0 Å². The van der Waals surface area contributed by atoms with Crippen LogP contribution in [0.5, 0.6) is 0 Å². The van der Waals surface area contributed by atoms with E-state index in [1.807, 2.05) is 15.6 Å². The van der Waals surface area contributed by atoms with Crippen LogP contribution in [0.15, 0.2) is 12.4 Å². The van der Waals surface area contributed by atoms with E-state index in [2.05, 4.69) is 191 Å². The van der Waals surface area contributed by atoms with Gasteiger partial charge in [0, 0.05) is 48.8 Å². The highest BCUT2D eigenvalue weighted by Crippen LogP contribution is 2.39. The SMILES string of the molecule is CC(C)(CO[Si](C)(C)C(C)(C)C)Cc1c(I)cnn1COCC[Si](C)(C)C.CC(C)(CO[Si](C)(C)C(C)(C)C)Cc1nn(COCC[Si](C)(C)C)cc1I. The highest BCUT2D eigenvalue weighted by molar-refractivity contribution is 14.1. The van der Waals surface area contributed by atoms with Crippen LogP contribution in [0.3, 0.4) is 0 Å². The number of rotatable bonds is 20. The largest absolute Gasteiger partial charge is 0.416 e. The van der Waals surface area contributed by atoms with Gasteiger partial charge in [-0.05, 0) is 117 Å². The first-order chi connectivity index (χ1) is 24.1. The lowest BCUT2D eigenvalue weighted by atomic mass is 9.89. The molecule has 0 N–H and O–H groups in total. The van der Waals surface area contributed by atoms with Crippen molar-refractivity contribution in [3.8, 4) is 0 Å². The first-order valence-corrected chi connectivity index (χ1v) is 35.3. The van der Waals surface area contributed by atoms with E-state index in [4.69, 9.17) is 23.4 Å². The summed E-state index contributed by atoms with van der Waals surface area (Å²) in [4.78, 5) is 0. The molecule has 0 amide bonds. The Balaban J connectivity index is 0.000000540. The van der Waals surface area contributed by atoms with Crippen LogP contribution in [0.1, 0.15) is 80.6 Å². The fourth-order valence-electron chi connectivity index (χ4n) is 4.56. The number of halogens is 2. The fourth-order valence-corrected chi connectivity index (χ4v) is 9.65. The minimum atomic E-state index is -1.73. The van der Waals surface area contributed by atoms with E-state index >= 15 is 0 Å². The van der Waals surface area contributed by atoms with Crippen molar-refractivity contribution < 1.29 is 18.3 Å². The van der Waals surface area contributed by atoms with Gasteiger partial charge in [0.05, 0.1) is 24.7 Å². The Kier molecular flexibility index (Phi) is 20.2. The van der Waals surface area contributed by atoms with E-state index < -0.39 is 32.8 Å². The van der Waals surface area contributed by atoms with Crippen molar-refractivity contribution in [3.63, 3.8) is 0 Å². The average Bonchev–Trinajstić information content (AvgIpc) is 3.49. The molecule has 0 fully saturated rings. The number of nitrogens with zero attached hydrogens (tertiary/aromatic N) is 4. The molecule has 54 heavy (non-hydrogen) atoms. The van der Waals surface area contributed by atoms with Gasteiger partial charge in [0.2, 0.25) is 0 Å². The fraction of sp³-hybridized carbons (Fsp3) is 0.850. The van der Waals surface area contributed by atoms with Crippen LogP contribution in [0.25, 0.3) is 0 Å². The summed E-state index contributed by atoms with van der Waals surface area (Å²) in [6, 6.07) is 2.38. The quantitative estimate of drug-likeness (QED) is 0.0747. The molecule has 8 nitrogen and oxygen atoms in total. The van der Waals surface area contributed by atoms with E-state index in [-0.39, 0.29) is 20.9 Å². The van der Waals surface area contributed by atoms with Crippen molar-refractivity contribution in [2.24, 2.45) is 10.8 Å². The van der Waals surface area contributed by atoms with Gasteiger partial charge in [0.15, 0.2) is 16.6 Å². The molecule has 0 aromatic carbocycles. The Morgan fingerprint density at radius 3 is 1.46 bits per heavy atom. The molecule has 0 spiro atoms. The summed E-state index contributed by atoms with van der Waals surface area (Å²) in [5.74, 6) is 0. The highest BCUT2D eigenvalue weighted by atomic mass is 127. The molecular formula is C40H82I2N4O4Si4. The zero-order valence-corrected chi connectivity index (χ0v) is 46.7. The first-order valence-electron chi connectivity index (χ1n) is 19.9. The summed E-state index contributed by atoms with van der Waals surface area (Å²) in [5.41, 5.74) is 2.53. The molecule has 2 rings (SSSR count). The molecular weight excluding hydrogens is 967 g/mol. The summed E-state index contributed by atoms with van der Waals surface area (Å²) in [6.07, 6.45) is 5.90. The van der Waals surface area contributed by atoms with Crippen LogP contribution in [0.2, 0.25) is 87.6 Å². The van der Waals surface area contributed by atoms with Gasteiger partial charge < -0.3 is 18.3 Å². The highest BCUT2D eigenvalue weighted by Gasteiger charge is 2.40. The zero-order chi connectivity index (χ0) is 42.2. The summed E-state index contributed by atoms with van der Waals surface area (Å²) in [5, 5.41) is 9.80. The molecule has 316 valence electrons. The van der Waals surface area contributed by atoms with Gasteiger partial charge in [0.25, 0.3) is 0 Å². The lowest BCUT2D eigenvalue weighted by Gasteiger charge is -2.39. The molecule has 0 atom stereocenters. The molecule has 2 aromatic rings. The molecule has 2 heterocycles. The maximum atomic E-state index is 6.50. The average molecular weight is 1050 g/mol. The van der Waals surface area contributed by atoms with Crippen molar-refractivity contribution in [1.82, 2.24) is 19.6 Å². The van der Waals surface area contributed by atoms with Gasteiger partial charge in [-0.25, -0.2) is 9.36 Å². The molecule has 14 heteroatoms. The van der Waals surface area contributed by atoms with Gasteiger partial charge in [0.1, 0.15) is 13.5 Å². The lowest BCUT2D eigenvalue weighted by molar-refractivity contribution is 0.0739. The Morgan fingerprint density at radius 1 is 0.611 bits per heavy atom. The maximum Gasteiger partial charge on any atom is 0.192 e.